The fourth-order valence-electron chi connectivity index (χ4n) is 3.98. The van der Waals surface area contributed by atoms with Crippen molar-refractivity contribution in [3.63, 3.8) is 0 Å². The Morgan fingerprint density at radius 3 is 2.31 bits per heavy atom. The molecule has 2 N–H and O–H groups in total. The first-order chi connectivity index (χ1) is 17.0. The van der Waals surface area contributed by atoms with Gasteiger partial charge in [-0.3, -0.25) is 14.9 Å². The van der Waals surface area contributed by atoms with E-state index in [1.165, 1.54) is 12.1 Å². The second-order valence-corrected chi connectivity index (χ2v) is 8.34. The third-order valence-electron chi connectivity index (χ3n) is 5.75. The SMILES string of the molecule is O=C1CCC(c2c(F)cc(N3CC(NC(=O)OCc4ccc(OC(F)(F)F)cc4)C3)cc2F)C(=O)N1. The molecule has 0 bridgehead atoms. The third kappa shape index (κ3) is 6.01. The molecule has 192 valence electrons. The number of alkyl halides is 3. The predicted octanol–water partition coefficient (Wildman–Crippen LogP) is 3.50. The lowest BCUT2D eigenvalue weighted by atomic mass is 9.89. The van der Waals surface area contributed by atoms with Crippen molar-refractivity contribution >= 4 is 23.6 Å². The number of nitrogens with zero attached hydrogens (tertiary/aromatic N) is 1. The molecule has 1 atom stereocenters. The van der Waals surface area contributed by atoms with Gasteiger partial charge in [0.05, 0.1) is 12.0 Å². The van der Waals surface area contributed by atoms with Gasteiger partial charge in [0, 0.05) is 30.8 Å². The van der Waals surface area contributed by atoms with Crippen LogP contribution in [0.15, 0.2) is 36.4 Å². The quantitative estimate of drug-likeness (QED) is 0.454. The van der Waals surface area contributed by atoms with Crippen LogP contribution in [0.5, 0.6) is 5.75 Å². The monoisotopic (exact) mass is 513 g/mol. The van der Waals surface area contributed by atoms with E-state index in [2.05, 4.69) is 15.4 Å². The maximum Gasteiger partial charge on any atom is 0.573 e. The molecule has 3 amide bonds. The number of anilines is 1. The Morgan fingerprint density at radius 1 is 1.08 bits per heavy atom. The van der Waals surface area contributed by atoms with Crippen molar-refractivity contribution < 1.29 is 45.8 Å². The smallest absolute Gasteiger partial charge is 0.445 e. The van der Waals surface area contributed by atoms with Crippen molar-refractivity contribution in [1.29, 1.82) is 0 Å². The molecule has 8 nitrogen and oxygen atoms in total. The number of carbonyl (C=O) groups excluding carboxylic acids is 3. The average molecular weight is 513 g/mol. The van der Waals surface area contributed by atoms with Crippen LogP contribution in [0.3, 0.4) is 0 Å². The number of alkyl carbamates (subject to hydrolysis) is 1. The van der Waals surface area contributed by atoms with E-state index in [1.54, 1.807) is 4.90 Å². The van der Waals surface area contributed by atoms with Crippen molar-refractivity contribution in [3.05, 3.63) is 59.2 Å². The van der Waals surface area contributed by atoms with Crippen molar-refractivity contribution in [3.8, 4) is 5.75 Å². The van der Waals surface area contributed by atoms with Crippen molar-refractivity contribution in [1.82, 2.24) is 10.6 Å². The fourth-order valence-corrected chi connectivity index (χ4v) is 3.98. The summed E-state index contributed by atoms with van der Waals surface area (Å²) < 4.78 is 74.7. The third-order valence-corrected chi connectivity index (χ3v) is 5.75. The minimum Gasteiger partial charge on any atom is -0.445 e. The molecule has 0 aromatic heterocycles. The largest absolute Gasteiger partial charge is 0.573 e. The first-order valence-corrected chi connectivity index (χ1v) is 10.8. The molecule has 2 aromatic carbocycles. The summed E-state index contributed by atoms with van der Waals surface area (Å²) in [5, 5.41) is 4.66. The van der Waals surface area contributed by atoms with Crippen LogP contribution in [0.2, 0.25) is 0 Å². The van der Waals surface area contributed by atoms with Gasteiger partial charge < -0.3 is 19.7 Å². The Morgan fingerprint density at radius 2 is 1.72 bits per heavy atom. The van der Waals surface area contributed by atoms with Crippen LogP contribution in [0.25, 0.3) is 0 Å². The molecule has 0 spiro atoms. The number of hydrogen-bond acceptors (Lipinski definition) is 6. The maximum absolute atomic E-state index is 14.7. The van der Waals surface area contributed by atoms with Crippen LogP contribution in [0.4, 0.5) is 32.4 Å². The Labute approximate surface area is 201 Å². The zero-order chi connectivity index (χ0) is 26.0. The number of halogens is 5. The van der Waals surface area contributed by atoms with E-state index in [0.717, 1.165) is 24.3 Å². The maximum atomic E-state index is 14.7. The van der Waals surface area contributed by atoms with E-state index in [4.69, 9.17) is 4.74 Å². The van der Waals surface area contributed by atoms with Crippen molar-refractivity contribution in [2.45, 2.75) is 37.8 Å². The summed E-state index contributed by atoms with van der Waals surface area (Å²) in [6, 6.07) is 6.67. The Kier molecular flexibility index (Phi) is 7.00. The molecule has 2 aliphatic rings. The van der Waals surface area contributed by atoms with E-state index in [-0.39, 0.29) is 49.8 Å². The molecular weight excluding hydrogens is 493 g/mol. The highest BCUT2D eigenvalue weighted by Gasteiger charge is 2.35. The van der Waals surface area contributed by atoms with Gasteiger partial charge in [-0.1, -0.05) is 12.1 Å². The summed E-state index contributed by atoms with van der Waals surface area (Å²) in [7, 11) is 0. The fraction of sp³-hybridized carbons (Fsp3) is 0.348. The first kappa shape index (κ1) is 25.2. The second-order valence-electron chi connectivity index (χ2n) is 8.34. The Bertz CT molecular complexity index is 1140. The van der Waals surface area contributed by atoms with E-state index in [0.29, 0.717) is 5.56 Å². The predicted molar refractivity (Wildman–Crippen MR) is 114 cm³/mol. The lowest BCUT2D eigenvalue weighted by molar-refractivity contribution is -0.274. The number of carbonyl (C=O) groups is 3. The lowest BCUT2D eigenvalue weighted by Crippen LogP contribution is -2.59. The Hall–Kier alpha value is -3.90. The lowest BCUT2D eigenvalue weighted by Gasteiger charge is -2.41. The van der Waals surface area contributed by atoms with Crippen LogP contribution in [0.1, 0.15) is 29.9 Å². The van der Waals surface area contributed by atoms with E-state index >= 15 is 0 Å². The highest BCUT2D eigenvalue weighted by molar-refractivity contribution is 6.01. The van der Waals surface area contributed by atoms with Gasteiger partial charge in [0.1, 0.15) is 24.0 Å². The summed E-state index contributed by atoms with van der Waals surface area (Å²) in [5.74, 6) is -4.52. The van der Waals surface area contributed by atoms with Crippen LogP contribution in [0, 0.1) is 11.6 Å². The van der Waals surface area contributed by atoms with E-state index in [9.17, 15) is 36.3 Å². The molecule has 2 saturated heterocycles. The number of imide groups is 1. The van der Waals surface area contributed by atoms with Crippen LogP contribution in [-0.2, 0) is 20.9 Å². The van der Waals surface area contributed by atoms with Gasteiger partial charge in [-0.2, -0.15) is 0 Å². The normalized spacial score (nSPS) is 18.4. The van der Waals surface area contributed by atoms with Gasteiger partial charge in [-0.05, 0) is 36.2 Å². The number of hydrogen-bond donors (Lipinski definition) is 2. The summed E-state index contributed by atoms with van der Waals surface area (Å²) in [6.07, 6.45) is -5.56. The number of piperidine rings is 1. The van der Waals surface area contributed by atoms with Gasteiger partial charge in [0.25, 0.3) is 0 Å². The van der Waals surface area contributed by atoms with Gasteiger partial charge in [0.15, 0.2) is 0 Å². The van der Waals surface area contributed by atoms with E-state index < -0.39 is 47.6 Å². The zero-order valence-corrected chi connectivity index (χ0v) is 18.5. The standard InChI is InChI=1S/C23H20F5N3O5/c24-17-7-14(8-18(25)20(17)16-5-6-19(32)30-21(16)33)31-9-13(10-31)29-22(34)35-11-12-1-3-15(4-2-12)36-23(26,27)28/h1-4,7-8,13,16H,5-6,9-11H2,(H,29,34)(H,30,32,33). The molecule has 0 aliphatic carbocycles. The van der Waals surface area contributed by atoms with Crippen LogP contribution >= 0.6 is 0 Å². The molecule has 4 rings (SSSR count). The van der Waals surface area contributed by atoms with E-state index in [1.807, 2.05) is 0 Å². The van der Waals surface area contributed by atoms with Gasteiger partial charge in [-0.25, -0.2) is 13.6 Å². The van der Waals surface area contributed by atoms with Crippen LogP contribution in [-0.4, -0.2) is 43.4 Å². The zero-order valence-electron chi connectivity index (χ0n) is 18.5. The molecule has 2 aromatic rings. The molecule has 2 aliphatic heterocycles. The molecule has 2 fully saturated rings. The van der Waals surface area contributed by atoms with Crippen molar-refractivity contribution in [2.24, 2.45) is 0 Å². The topological polar surface area (TPSA) is 97.0 Å². The number of ether oxygens (including phenoxy) is 2. The molecular formula is C23H20F5N3O5. The minimum absolute atomic E-state index is 0.00953. The molecule has 13 heteroatoms. The molecule has 36 heavy (non-hydrogen) atoms. The molecule has 0 saturated carbocycles. The summed E-state index contributed by atoms with van der Waals surface area (Å²) in [4.78, 5) is 36.9. The molecule has 2 heterocycles. The molecule has 1 unspecified atom stereocenters. The molecule has 0 radical (unpaired) electrons. The average Bonchev–Trinajstić information content (AvgIpc) is 2.75. The second kappa shape index (κ2) is 9.99. The number of nitrogens with one attached hydrogen (secondary N) is 2. The summed E-state index contributed by atoms with van der Waals surface area (Å²) in [5.41, 5.74) is 0.283. The van der Waals surface area contributed by atoms with Gasteiger partial charge >= 0.3 is 12.5 Å². The Balaban J connectivity index is 1.25. The first-order valence-electron chi connectivity index (χ1n) is 10.8. The highest BCUT2D eigenvalue weighted by Crippen LogP contribution is 2.33. The highest BCUT2D eigenvalue weighted by atomic mass is 19.4. The minimum atomic E-state index is -4.80. The van der Waals surface area contributed by atoms with Gasteiger partial charge in [0.2, 0.25) is 11.8 Å². The number of amides is 3. The van der Waals surface area contributed by atoms with Crippen LogP contribution < -0.4 is 20.3 Å². The summed E-state index contributed by atoms with van der Waals surface area (Å²) in [6.45, 7) is 0.303. The van der Waals surface area contributed by atoms with Crippen molar-refractivity contribution in [2.75, 3.05) is 18.0 Å². The van der Waals surface area contributed by atoms with Gasteiger partial charge in [-0.15, -0.1) is 13.2 Å². The number of rotatable bonds is 6. The number of benzene rings is 2. The summed E-state index contributed by atoms with van der Waals surface area (Å²) >= 11 is 0.